The van der Waals surface area contributed by atoms with Gasteiger partial charge < -0.3 is 15.4 Å². The van der Waals surface area contributed by atoms with Gasteiger partial charge in [0.25, 0.3) is 6.43 Å². The SMILES string of the molecule is CC1(NC(=O)O[C@@H]2CC[C@H](c3cc(Nc4ccnc(C(F)F)n4)n[nH]3)C2)CC1. The number of nitrogens with zero attached hydrogens (tertiary/aromatic N) is 3. The van der Waals surface area contributed by atoms with E-state index in [1.54, 1.807) is 0 Å². The summed E-state index contributed by atoms with van der Waals surface area (Å²) in [7, 11) is 0. The second-order valence-corrected chi connectivity index (χ2v) is 7.66. The summed E-state index contributed by atoms with van der Waals surface area (Å²) in [6, 6.07) is 3.32. The van der Waals surface area contributed by atoms with Crippen molar-refractivity contribution in [2.75, 3.05) is 5.32 Å². The lowest BCUT2D eigenvalue weighted by molar-refractivity contribution is 0.0967. The maximum absolute atomic E-state index is 12.7. The van der Waals surface area contributed by atoms with E-state index in [2.05, 4.69) is 30.8 Å². The lowest BCUT2D eigenvalue weighted by atomic mass is 10.0. The molecule has 2 aromatic rings. The fourth-order valence-corrected chi connectivity index (χ4v) is 3.36. The largest absolute Gasteiger partial charge is 0.446 e. The van der Waals surface area contributed by atoms with E-state index in [9.17, 15) is 13.6 Å². The molecule has 0 spiro atoms. The van der Waals surface area contributed by atoms with Gasteiger partial charge in [0.1, 0.15) is 11.9 Å². The molecule has 3 N–H and O–H groups in total. The molecule has 28 heavy (non-hydrogen) atoms. The van der Waals surface area contributed by atoms with Crippen molar-refractivity contribution in [3.63, 3.8) is 0 Å². The van der Waals surface area contributed by atoms with Crippen LogP contribution in [-0.4, -0.2) is 37.9 Å². The van der Waals surface area contributed by atoms with Gasteiger partial charge in [0.05, 0.1) is 0 Å². The van der Waals surface area contributed by atoms with Crippen LogP contribution < -0.4 is 10.6 Å². The summed E-state index contributed by atoms with van der Waals surface area (Å²) in [5.74, 6) is 0.396. The Bertz CT molecular complexity index is 854. The quantitative estimate of drug-likeness (QED) is 0.691. The predicted molar refractivity (Wildman–Crippen MR) is 96.5 cm³/mol. The first-order chi connectivity index (χ1) is 13.4. The van der Waals surface area contributed by atoms with E-state index < -0.39 is 12.2 Å². The molecule has 2 saturated carbocycles. The molecule has 1 amide bonds. The third-order valence-electron chi connectivity index (χ3n) is 5.23. The van der Waals surface area contributed by atoms with E-state index in [0.29, 0.717) is 5.82 Å². The molecule has 2 heterocycles. The van der Waals surface area contributed by atoms with Crippen LogP contribution in [0, 0.1) is 0 Å². The van der Waals surface area contributed by atoms with Gasteiger partial charge in [-0.3, -0.25) is 5.10 Å². The summed E-state index contributed by atoms with van der Waals surface area (Å²) in [5, 5.41) is 12.9. The highest BCUT2D eigenvalue weighted by Crippen LogP contribution is 2.37. The molecular weight excluding hydrogens is 370 g/mol. The van der Waals surface area contributed by atoms with E-state index in [-0.39, 0.29) is 29.5 Å². The van der Waals surface area contributed by atoms with E-state index in [0.717, 1.165) is 37.8 Å². The predicted octanol–water partition coefficient (Wildman–Crippen LogP) is 3.80. The Hall–Kier alpha value is -2.78. The zero-order valence-corrected chi connectivity index (χ0v) is 15.4. The number of hydrogen-bond acceptors (Lipinski definition) is 6. The Kier molecular flexibility index (Phi) is 4.86. The van der Waals surface area contributed by atoms with E-state index in [1.165, 1.54) is 12.3 Å². The fourth-order valence-electron chi connectivity index (χ4n) is 3.36. The number of carbonyl (C=O) groups excluding carboxylic acids is 1. The van der Waals surface area contributed by atoms with Crippen LogP contribution in [0.1, 0.15) is 62.9 Å². The zero-order chi connectivity index (χ0) is 19.7. The summed E-state index contributed by atoms with van der Waals surface area (Å²) in [6.45, 7) is 2.01. The average Bonchev–Trinajstić information content (AvgIpc) is 3.04. The van der Waals surface area contributed by atoms with E-state index in [4.69, 9.17) is 4.74 Å². The molecule has 0 bridgehead atoms. The summed E-state index contributed by atoms with van der Waals surface area (Å²) in [5.41, 5.74) is 0.816. The number of rotatable bonds is 6. The molecular formula is C18H22F2N6O2. The fraction of sp³-hybridized carbons (Fsp3) is 0.556. The van der Waals surface area contributed by atoms with Crippen molar-refractivity contribution in [3.8, 4) is 0 Å². The summed E-state index contributed by atoms with van der Waals surface area (Å²) in [4.78, 5) is 19.2. The number of amides is 1. The highest BCUT2D eigenvalue weighted by molar-refractivity contribution is 5.69. The van der Waals surface area contributed by atoms with Crippen LogP contribution >= 0.6 is 0 Å². The topological polar surface area (TPSA) is 105 Å². The molecule has 10 heteroatoms. The molecule has 2 aliphatic rings. The van der Waals surface area contributed by atoms with Gasteiger partial charge in [0.15, 0.2) is 11.6 Å². The van der Waals surface area contributed by atoms with Gasteiger partial charge in [-0.25, -0.2) is 23.5 Å². The number of halogens is 2. The number of aromatic nitrogens is 4. The average molecular weight is 392 g/mol. The number of alkyl carbamates (subject to hydrolysis) is 1. The molecule has 0 radical (unpaired) electrons. The third-order valence-corrected chi connectivity index (χ3v) is 5.23. The standard InChI is InChI=1S/C18H22F2N6O2/c1-18(5-6-18)24-17(27)28-11-3-2-10(8-11)12-9-14(26-25-12)22-13-4-7-21-16(23-13)15(19)20/h4,7,9-11,15H,2-3,5-6,8H2,1H3,(H,24,27)(H2,21,22,23,25,26)/t10-,11+/m0/s1. The monoisotopic (exact) mass is 392 g/mol. The van der Waals surface area contributed by atoms with Crippen LogP contribution in [0.2, 0.25) is 0 Å². The Morgan fingerprint density at radius 1 is 1.36 bits per heavy atom. The van der Waals surface area contributed by atoms with Gasteiger partial charge in [-0.05, 0) is 45.1 Å². The van der Waals surface area contributed by atoms with Crippen molar-refractivity contribution in [1.82, 2.24) is 25.5 Å². The first-order valence-electron chi connectivity index (χ1n) is 9.32. The number of H-pyrrole nitrogens is 1. The Balaban J connectivity index is 1.32. The van der Waals surface area contributed by atoms with Crippen molar-refractivity contribution in [2.45, 2.75) is 63.0 Å². The Morgan fingerprint density at radius 2 is 2.18 bits per heavy atom. The number of hydrogen-bond donors (Lipinski definition) is 3. The third kappa shape index (κ3) is 4.37. The minimum atomic E-state index is -2.73. The van der Waals surface area contributed by atoms with Crippen molar-refractivity contribution < 1.29 is 18.3 Å². The Labute approximate surface area is 160 Å². The number of anilines is 2. The Morgan fingerprint density at radius 3 is 2.93 bits per heavy atom. The number of carbonyl (C=O) groups is 1. The minimum absolute atomic E-state index is 0.0930. The highest BCUT2D eigenvalue weighted by atomic mass is 19.3. The zero-order valence-electron chi connectivity index (χ0n) is 15.4. The molecule has 0 saturated heterocycles. The second kappa shape index (κ2) is 7.33. The van der Waals surface area contributed by atoms with Crippen LogP contribution in [-0.2, 0) is 4.74 Å². The first kappa shape index (κ1) is 18.6. The van der Waals surface area contributed by atoms with Crippen LogP contribution in [0.4, 0.5) is 25.2 Å². The summed E-state index contributed by atoms with van der Waals surface area (Å²) < 4.78 is 30.9. The maximum atomic E-state index is 12.7. The van der Waals surface area contributed by atoms with E-state index >= 15 is 0 Å². The number of aromatic amines is 1. The van der Waals surface area contributed by atoms with Gasteiger partial charge in [-0.1, -0.05) is 0 Å². The lowest BCUT2D eigenvalue weighted by Gasteiger charge is -2.16. The maximum Gasteiger partial charge on any atom is 0.407 e. The molecule has 0 unspecified atom stereocenters. The molecule has 0 aromatic carbocycles. The highest BCUT2D eigenvalue weighted by Gasteiger charge is 2.40. The summed E-state index contributed by atoms with van der Waals surface area (Å²) in [6.07, 6.45) is 2.44. The molecule has 2 atom stereocenters. The van der Waals surface area contributed by atoms with Crippen molar-refractivity contribution in [3.05, 3.63) is 29.8 Å². The number of ether oxygens (including phenoxy) is 1. The normalized spacial score (nSPS) is 22.9. The molecule has 4 rings (SSSR count). The van der Waals surface area contributed by atoms with Gasteiger partial charge in [-0.15, -0.1) is 0 Å². The smallest absolute Gasteiger partial charge is 0.407 e. The van der Waals surface area contributed by atoms with Gasteiger partial charge >= 0.3 is 6.09 Å². The van der Waals surface area contributed by atoms with Crippen LogP contribution in [0.3, 0.4) is 0 Å². The lowest BCUT2D eigenvalue weighted by Crippen LogP contribution is -2.36. The van der Waals surface area contributed by atoms with Gasteiger partial charge in [-0.2, -0.15) is 5.10 Å². The van der Waals surface area contributed by atoms with Crippen molar-refractivity contribution in [2.24, 2.45) is 0 Å². The van der Waals surface area contributed by atoms with E-state index in [1.807, 2.05) is 13.0 Å². The van der Waals surface area contributed by atoms with Crippen LogP contribution in [0.15, 0.2) is 18.3 Å². The minimum Gasteiger partial charge on any atom is -0.446 e. The van der Waals surface area contributed by atoms with Crippen LogP contribution in [0.25, 0.3) is 0 Å². The van der Waals surface area contributed by atoms with Gasteiger partial charge in [0.2, 0.25) is 0 Å². The number of nitrogens with one attached hydrogen (secondary N) is 3. The summed E-state index contributed by atoms with van der Waals surface area (Å²) >= 11 is 0. The van der Waals surface area contributed by atoms with Gasteiger partial charge in [0, 0.05) is 29.4 Å². The van der Waals surface area contributed by atoms with Crippen LogP contribution in [0.5, 0.6) is 0 Å². The van der Waals surface area contributed by atoms with Crippen molar-refractivity contribution >= 4 is 17.7 Å². The molecule has 2 aliphatic carbocycles. The number of alkyl halides is 2. The molecule has 2 aromatic heterocycles. The molecule has 150 valence electrons. The van der Waals surface area contributed by atoms with Crippen molar-refractivity contribution in [1.29, 1.82) is 0 Å². The molecule has 0 aliphatic heterocycles. The molecule has 8 nitrogen and oxygen atoms in total. The molecule has 2 fully saturated rings. The first-order valence-corrected chi connectivity index (χ1v) is 9.32. The second-order valence-electron chi connectivity index (χ2n) is 7.66.